The molecule has 0 aliphatic heterocycles. The maximum absolute atomic E-state index is 13.1. The van der Waals surface area contributed by atoms with Crippen molar-refractivity contribution in [2.75, 3.05) is 0 Å². The molecule has 0 heterocycles. The molecule has 0 aromatic heterocycles. The molecule has 0 spiro atoms. The molecule has 1 atom stereocenters. The summed E-state index contributed by atoms with van der Waals surface area (Å²) < 4.78 is 13.1. The van der Waals surface area contributed by atoms with Gasteiger partial charge in [0.15, 0.2) is 0 Å². The van der Waals surface area contributed by atoms with Gasteiger partial charge in [-0.3, -0.25) is 10.1 Å². The van der Waals surface area contributed by atoms with Gasteiger partial charge in [0, 0.05) is 24.7 Å². The number of nitro groups is 1. The topological polar surface area (TPSA) is 55.2 Å². The van der Waals surface area contributed by atoms with Crippen molar-refractivity contribution in [2.24, 2.45) is 0 Å². The fraction of sp³-hybridized carbons (Fsp3) is 0.200. The van der Waals surface area contributed by atoms with Crippen LogP contribution in [0.3, 0.4) is 0 Å². The van der Waals surface area contributed by atoms with Gasteiger partial charge in [0.2, 0.25) is 0 Å². The number of non-ortho nitro benzene ring substituents is 1. The molecule has 0 aliphatic rings. The first-order valence-corrected chi connectivity index (χ1v) is 6.28. The molecule has 2 aromatic rings. The van der Waals surface area contributed by atoms with Gasteiger partial charge in [0.25, 0.3) is 5.69 Å². The number of hydrogen-bond donors (Lipinski definition) is 1. The predicted molar refractivity (Wildman–Crippen MR) is 74.8 cm³/mol. The van der Waals surface area contributed by atoms with Crippen LogP contribution in [0.4, 0.5) is 10.1 Å². The van der Waals surface area contributed by atoms with E-state index >= 15 is 0 Å². The van der Waals surface area contributed by atoms with Gasteiger partial charge in [-0.15, -0.1) is 0 Å². The van der Waals surface area contributed by atoms with Crippen LogP contribution < -0.4 is 5.32 Å². The number of benzene rings is 2. The predicted octanol–water partition coefficient (Wildman–Crippen LogP) is 3.58. The maximum atomic E-state index is 13.1. The lowest BCUT2D eigenvalue weighted by Crippen LogP contribution is -2.18. The number of nitrogens with one attached hydrogen (secondary N) is 1. The van der Waals surface area contributed by atoms with E-state index in [1.807, 2.05) is 19.1 Å². The van der Waals surface area contributed by atoms with Gasteiger partial charge < -0.3 is 5.32 Å². The lowest BCUT2D eigenvalue weighted by molar-refractivity contribution is -0.384. The summed E-state index contributed by atoms with van der Waals surface area (Å²) in [5, 5.41) is 14.0. The third kappa shape index (κ3) is 3.61. The summed E-state index contributed by atoms with van der Waals surface area (Å²) in [4.78, 5) is 10.3. The van der Waals surface area contributed by atoms with Crippen molar-refractivity contribution in [1.82, 2.24) is 5.32 Å². The fourth-order valence-electron chi connectivity index (χ4n) is 1.94. The van der Waals surface area contributed by atoms with Crippen molar-refractivity contribution in [3.63, 3.8) is 0 Å². The number of nitrogens with zero attached hydrogens (tertiary/aromatic N) is 1. The molecule has 104 valence electrons. The van der Waals surface area contributed by atoms with Crippen LogP contribution in [0.25, 0.3) is 0 Å². The monoisotopic (exact) mass is 274 g/mol. The van der Waals surface area contributed by atoms with Gasteiger partial charge in [0.05, 0.1) is 4.92 Å². The Hall–Kier alpha value is -2.27. The molecule has 0 amide bonds. The summed E-state index contributed by atoms with van der Waals surface area (Å²) in [5.41, 5.74) is 1.74. The number of hydrogen-bond acceptors (Lipinski definition) is 3. The summed E-state index contributed by atoms with van der Waals surface area (Å²) in [6, 6.07) is 12.8. The second-order valence-corrected chi connectivity index (χ2v) is 4.58. The fourth-order valence-corrected chi connectivity index (χ4v) is 1.94. The van der Waals surface area contributed by atoms with Crippen LogP contribution in [0.2, 0.25) is 0 Å². The molecule has 1 unspecified atom stereocenters. The second kappa shape index (κ2) is 6.25. The zero-order chi connectivity index (χ0) is 14.5. The molecule has 0 saturated carbocycles. The van der Waals surface area contributed by atoms with Gasteiger partial charge in [-0.2, -0.15) is 0 Å². The SMILES string of the molecule is CC(NCc1cccc(F)c1)c1cccc([N+](=O)[O-])c1. The van der Waals surface area contributed by atoms with E-state index in [-0.39, 0.29) is 17.5 Å². The molecule has 4 nitrogen and oxygen atoms in total. The number of halogens is 1. The zero-order valence-corrected chi connectivity index (χ0v) is 11.0. The summed E-state index contributed by atoms with van der Waals surface area (Å²) in [6.45, 7) is 2.42. The Balaban J connectivity index is 2.03. The Labute approximate surface area is 116 Å². The van der Waals surface area contributed by atoms with E-state index in [0.29, 0.717) is 6.54 Å². The average molecular weight is 274 g/mol. The van der Waals surface area contributed by atoms with E-state index in [0.717, 1.165) is 11.1 Å². The van der Waals surface area contributed by atoms with Crippen LogP contribution in [0, 0.1) is 15.9 Å². The van der Waals surface area contributed by atoms with Gasteiger partial charge in [-0.1, -0.05) is 24.3 Å². The minimum atomic E-state index is -0.414. The lowest BCUT2D eigenvalue weighted by Gasteiger charge is -2.14. The molecule has 0 bridgehead atoms. The summed E-state index contributed by atoms with van der Waals surface area (Å²) in [6.07, 6.45) is 0. The first-order valence-electron chi connectivity index (χ1n) is 6.28. The van der Waals surface area contributed by atoms with Crippen LogP contribution in [-0.2, 0) is 6.54 Å². The molecule has 2 aromatic carbocycles. The summed E-state index contributed by atoms with van der Waals surface area (Å²) >= 11 is 0. The Kier molecular flexibility index (Phi) is 4.42. The highest BCUT2D eigenvalue weighted by atomic mass is 19.1. The third-order valence-corrected chi connectivity index (χ3v) is 3.08. The quantitative estimate of drug-likeness (QED) is 0.669. The van der Waals surface area contributed by atoms with Crippen LogP contribution >= 0.6 is 0 Å². The molecule has 0 fully saturated rings. The molecular formula is C15H15FN2O2. The summed E-state index contributed by atoms with van der Waals surface area (Å²) in [7, 11) is 0. The third-order valence-electron chi connectivity index (χ3n) is 3.08. The van der Waals surface area contributed by atoms with Crippen molar-refractivity contribution in [1.29, 1.82) is 0 Å². The molecule has 0 saturated heterocycles. The lowest BCUT2D eigenvalue weighted by atomic mass is 10.1. The summed E-state index contributed by atoms with van der Waals surface area (Å²) in [5.74, 6) is -0.271. The highest BCUT2D eigenvalue weighted by Crippen LogP contribution is 2.19. The highest BCUT2D eigenvalue weighted by Gasteiger charge is 2.10. The average Bonchev–Trinajstić information content (AvgIpc) is 2.45. The Morgan fingerprint density at radius 3 is 2.70 bits per heavy atom. The van der Waals surface area contributed by atoms with Crippen LogP contribution in [0.5, 0.6) is 0 Å². The van der Waals surface area contributed by atoms with E-state index in [1.54, 1.807) is 18.2 Å². The van der Waals surface area contributed by atoms with Gasteiger partial charge in [-0.05, 0) is 30.2 Å². The van der Waals surface area contributed by atoms with Crippen molar-refractivity contribution in [3.05, 3.63) is 75.6 Å². The number of rotatable bonds is 5. The van der Waals surface area contributed by atoms with Crippen LogP contribution in [0.15, 0.2) is 48.5 Å². The molecule has 1 N–H and O–H groups in total. The van der Waals surface area contributed by atoms with E-state index < -0.39 is 4.92 Å². The van der Waals surface area contributed by atoms with Gasteiger partial charge >= 0.3 is 0 Å². The van der Waals surface area contributed by atoms with Crippen molar-refractivity contribution >= 4 is 5.69 Å². The Morgan fingerprint density at radius 2 is 2.00 bits per heavy atom. The molecule has 2 rings (SSSR count). The van der Waals surface area contributed by atoms with E-state index in [1.165, 1.54) is 18.2 Å². The molecule has 0 radical (unpaired) electrons. The van der Waals surface area contributed by atoms with Crippen LogP contribution in [0.1, 0.15) is 24.1 Å². The molecule has 0 aliphatic carbocycles. The van der Waals surface area contributed by atoms with Crippen molar-refractivity contribution < 1.29 is 9.31 Å². The first-order chi connectivity index (χ1) is 9.56. The minimum Gasteiger partial charge on any atom is -0.306 e. The zero-order valence-electron chi connectivity index (χ0n) is 11.0. The smallest absolute Gasteiger partial charge is 0.269 e. The second-order valence-electron chi connectivity index (χ2n) is 4.58. The largest absolute Gasteiger partial charge is 0.306 e. The molecule has 5 heteroatoms. The van der Waals surface area contributed by atoms with Crippen molar-refractivity contribution in [2.45, 2.75) is 19.5 Å². The minimum absolute atomic E-state index is 0.0573. The Bertz CT molecular complexity index is 616. The van der Waals surface area contributed by atoms with E-state index in [9.17, 15) is 14.5 Å². The van der Waals surface area contributed by atoms with Crippen LogP contribution in [-0.4, -0.2) is 4.92 Å². The maximum Gasteiger partial charge on any atom is 0.269 e. The van der Waals surface area contributed by atoms with E-state index in [2.05, 4.69) is 5.32 Å². The number of nitro benzene ring substituents is 1. The van der Waals surface area contributed by atoms with E-state index in [4.69, 9.17) is 0 Å². The van der Waals surface area contributed by atoms with Gasteiger partial charge in [-0.25, -0.2) is 4.39 Å². The Morgan fingerprint density at radius 1 is 1.25 bits per heavy atom. The van der Waals surface area contributed by atoms with Crippen molar-refractivity contribution in [3.8, 4) is 0 Å². The molecule has 20 heavy (non-hydrogen) atoms. The first kappa shape index (κ1) is 14.1. The van der Waals surface area contributed by atoms with Gasteiger partial charge in [0.1, 0.15) is 5.82 Å². The molecular weight excluding hydrogens is 259 g/mol. The highest BCUT2D eigenvalue weighted by molar-refractivity contribution is 5.35. The standard InChI is InChI=1S/C15H15FN2O2/c1-11(13-5-3-7-15(9-13)18(19)20)17-10-12-4-2-6-14(16)8-12/h2-9,11,17H,10H2,1H3. The normalized spacial score (nSPS) is 12.1.